The predicted molar refractivity (Wildman–Crippen MR) is 68.8 cm³/mol. The first-order valence-electron chi connectivity index (χ1n) is 5.70. The molecule has 1 aromatic carbocycles. The van der Waals surface area contributed by atoms with Gasteiger partial charge in [0, 0.05) is 4.79 Å². The van der Waals surface area contributed by atoms with Crippen LogP contribution in [-0.4, -0.2) is 22.2 Å². The van der Waals surface area contributed by atoms with Crippen molar-refractivity contribution in [2.75, 3.05) is 0 Å². The van der Waals surface area contributed by atoms with E-state index < -0.39 is 22.8 Å². The molecule has 0 heterocycles. The zero-order valence-corrected chi connectivity index (χ0v) is 11.1. The van der Waals surface area contributed by atoms with Gasteiger partial charge in [0.05, 0.1) is 5.41 Å². The molecule has 0 bridgehead atoms. The van der Waals surface area contributed by atoms with Crippen LogP contribution >= 0.6 is 0 Å². The molecule has 1 rings (SSSR count). The molecule has 1 aromatic rings. The van der Waals surface area contributed by atoms with Crippen LogP contribution in [0.4, 0.5) is 0 Å². The third-order valence-electron chi connectivity index (χ3n) is 3.43. The maximum absolute atomic E-state index is 11.2. The van der Waals surface area contributed by atoms with Crippen LogP contribution < -0.4 is 0 Å². The number of aliphatic carboxylic acids is 1. The van der Waals surface area contributed by atoms with Crippen molar-refractivity contribution < 1.29 is 19.8 Å². The van der Waals surface area contributed by atoms with Gasteiger partial charge in [-0.2, -0.15) is 0 Å². The fraction of sp³-hybridized carbons (Fsp3) is 0.429. The molecule has 0 saturated heterocycles. The van der Waals surface area contributed by atoms with Crippen molar-refractivity contribution >= 4 is 11.9 Å². The molecular formula is C14H19O4+. The smallest absolute Gasteiger partial charge is 0.526 e. The van der Waals surface area contributed by atoms with E-state index in [0.717, 1.165) is 0 Å². The van der Waals surface area contributed by atoms with Crippen molar-refractivity contribution in [2.24, 2.45) is 0 Å². The molecule has 0 amide bonds. The first-order valence-corrected chi connectivity index (χ1v) is 5.70. The first kappa shape index (κ1) is 14.2. The van der Waals surface area contributed by atoms with Gasteiger partial charge in [-0.15, -0.1) is 0 Å². The van der Waals surface area contributed by atoms with Crippen LogP contribution in [0.1, 0.15) is 38.8 Å². The van der Waals surface area contributed by atoms with Crippen LogP contribution in [0.5, 0.6) is 0 Å². The molecule has 4 nitrogen and oxygen atoms in total. The Morgan fingerprint density at radius 3 is 1.56 bits per heavy atom. The number of hydrogen-bond donors (Lipinski definition) is 1. The van der Waals surface area contributed by atoms with E-state index in [1.165, 1.54) is 0 Å². The highest BCUT2D eigenvalue weighted by Crippen LogP contribution is 2.28. The van der Waals surface area contributed by atoms with Gasteiger partial charge in [-0.1, -0.05) is 24.3 Å². The summed E-state index contributed by atoms with van der Waals surface area (Å²) in [5.74, 6) is -1.56. The Hall–Kier alpha value is -1.84. The van der Waals surface area contributed by atoms with Crippen LogP contribution in [0.25, 0.3) is 0 Å². The second-order valence-electron chi connectivity index (χ2n) is 5.46. The summed E-state index contributed by atoms with van der Waals surface area (Å²) >= 11 is 0. The summed E-state index contributed by atoms with van der Waals surface area (Å²) in [6.45, 7) is 6.62. The van der Waals surface area contributed by atoms with Gasteiger partial charge in [-0.25, -0.2) is 0 Å². The molecule has 0 aliphatic carbocycles. The fourth-order valence-electron chi connectivity index (χ4n) is 1.56. The highest BCUT2D eigenvalue weighted by Gasteiger charge is 2.37. The Labute approximate surface area is 106 Å². The maximum Gasteiger partial charge on any atom is 0.526 e. The van der Waals surface area contributed by atoms with Gasteiger partial charge in [0.25, 0.3) is 0 Å². The van der Waals surface area contributed by atoms with Crippen molar-refractivity contribution in [3.63, 3.8) is 0 Å². The molecule has 0 radical (unpaired) electrons. The summed E-state index contributed by atoms with van der Waals surface area (Å²) in [7, 11) is 0. The standard InChI is InChI=1S/C14H18O4/c1-13(2,11(15)16)9-5-7-10(8-6-9)14(3,4)12(17)18/h5-8H,1-4H3,(H,15,16)(H,17,18)/p+1. The normalized spacial score (nSPS) is 12.2. The number of carboxylic acids is 1. The summed E-state index contributed by atoms with van der Waals surface area (Å²) in [6, 6.07) is 6.83. The summed E-state index contributed by atoms with van der Waals surface area (Å²) < 4.78 is 0. The monoisotopic (exact) mass is 251 g/mol. The molecule has 0 fully saturated rings. The number of benzene rings is 1. The minimum absolute atomic E-state index is 0.659. The number of carboxylic acid groups (broad SMARTS) is 1. The summed E-state index contributed by atoms with van der Waals surface area (Å²) in [5, 5.41) is 16.4. The van der Waals surface area contributed by atoms with Crippen LogP contribution in [0.15, 0.2) is 24.3 Å². The van der Waals surface area contributed by atoms with Gasteiger partial charge in [0.2, 0.25) is 0 Å². The van der Waals surface area contributed by atoms with E-state index in [-0.39, 0.29) is 0 Å². The van der Waals surface area contributed by atoms with Crippen molar-refractivity contribution in [3.05, 3.63) is 35.4 Å². The van der Waals surface area contributed by atoms with E-state index in [9.17, 15) is 9.59 Å². The van der Waals surface area contributed by atoms with E-state index in [1.54, 1.807) is 52.0 Å². The molecule has 0 unspecified atom stereocenters. The molecule has 4 heteroatoms. The maximum atomic E-state index is 11.2. The van der Waals surface area contributed by atoms with E-state index in [4.69, 9.17) is 10.2 Å². The minimum atomic E-state index is -0.965. The molecule has 0 aromatic heterocycles. The lowest BCUT2D eigenvalue weighted by molar-refractivity contribution is -0.143. The largest absolute Gasteiger partial charge is 0.564 e. The molecule has 0 saturated carbocycles. The van der Waals surface area contributed by atoms with Crippen molar-refractivity contribution in [2.45, 2.75) is 38.5 Å². The Balaban J connectivity index is 3.16. The number of carbonyl (C=O) groups excluding carboxylic acids is 1. The SMILES string of the molecule is CC(C)(C(=O)O)c1ccc(C(C)(C)C(=O)[OH2+])cc1. The van der Waals surface area contributed by atoms with Gasteiger partial charge in [-0.05, 0) is 38.8 Å². The Bertz CT molecular complexity index is 424. The average Bonchev–Trinajstić information content (AvgIpc) is 2.28. The number of carbonyl (C=O) groups is 2. The molecule has 18 heavy (non-hydrogen) atoms. The predicted octanol–water partition coefficient (Wildman–Crippen LogP) is 1.58. The van der Waals surface area contributed by atoms with E-state index >= 15 is 0 Å². The molecule has 98 valence electrons. The number of hydrogen-bond acceptors (Lipinski definition) is 2. The van der Waals surface area contributed by atoms with Crippen LogP contribution in [-0.2, 0) is 20.4 Å². The van der Waals surface area contributed by atoms with Crippen LogP contribution in [0.3, 0.4) is 0 Å². The van der Waals surface area contributed by atoms with Gasteiger partial charge in [0.15, 0.2) is 0 Å². The zero-order chi connectivity index (χ0) is 14.1. The summed E-state index contributed by atoms with van der Waals surface area (Å²) in [6.07, 6.45) is 0. The van der Waals surface area contributed by atoms with E-state index in [1.807, 2.05) is 0 Å². The Morgan fingerprint density at radius 1 is 0.944 bits per heavy atom. The average molecular weight is 251 g/mol. The molecule has 0 spiro atoms. The Morgan fingerprint density at radius 2 is 1.28 bits per heavy atom. The topological polar surface area (TPSA) is 77.3 Å². The first-order chi connectivity index (χ1) is 8.10. The minimum Gasteiger partial charge on any atom is -0.564 e. The molecule has 3 N–H and O–H groups in total. The van der Waals surface area contributed by atoms with E-state index in [0.29, 0.717) is 11.1 Å². The lowest BCUT2D eigenvalue weighted by Gasteiger charge is -2.21. The second kappa shape index (κ2) is 4.44. The van der Waals surface area contributed by atoms with Gasteiger partial charge in [-0.3, -0.25) is 4.79 Å². The van der Waals surface area contributed by atoms with Gasteiger partial charge >= 0.3 is 11.9 Å². The molecule has 0 atom stereocenters. The van der Waals surface area contributed by atoms with Crippen molar-refractivity contribution in [1.82, 2.24) is 0 Å². The Kier molecular flexibility index (Phi) is 3.51. The summed E-state index contributed by atoms with van der Waals surface area (Å²) in [5.41, 5.74) is -0.445. The second-order valence-corrected chi connectivity index (χ2v) is 5.46. The third-order valence-corrected chi connectivity index (χ3v) is 3.43. The van der Waals surface area contributed by atoms with Crippen molar-refractivity contribution in [3.8, 4) is 0 Å². The molecule has 0 aliphatic heterocycles. The lowest BCUT2D eigenvalue weighted by atomic mass is 9.80. The molecular weight excluding hydrogens is 232 g/mol. The highest BCUT2D eigenvalue weighted by molar-refractivity contribution is 5.81. The zero-order valence-electron chi connectivity index (χ0n) is 11.1. The lowest BCUT2D eigenvalue weighted by Crippen LogP contribution is -2.30. The van der Waals surface area contributed by atoms with Crippen molar-refractivity contribution in [1.29, 1.82) is 0 Å². The summed E-state index contributed by atoms with van der Waals surface area (Å²) in [4.78, 5) is 22.4. The van der Waals surface area contributed by atoms with Crippen LogP contribution in [0.2, 0.25) is 0 Å². The van der Waals surface area contributed by atoms with Crippen LogP contribution in [0, 0.1) is 0 Å². The molecule has 0 aliphatic rings. The number of rotatable bonds is 4. The van der Waals surface area contributed by atoms with Gasteiger partial charge in [0.1, 0.15) is 5.41 Å². The highest BCUT2D eigenvalue weighted by atomic mass is 16.4. The third kappa shape index (κ3) is 2.37. The quantitative estimate of drug-likeness (QED) is 0.825. The fourth-order valence-corrected chi connectivity index (χ4v) is 1.56. The van der Waals surface area contributed by atoms with E-state index in [2.05, 4.69) is 0 Å². The van der Waals surface area contributed by atoms with Gasteiger partial charge < -0.3 is 10.2 Å².